The molecule has 8 nitrogen and oxygen atoms in total. The van der Waals surface area contributed by atoms with Crippen molar-refractivity contribution in [1.29, 1.82) is 0 Å². The van der Waals surface area contributed by atoms with Crippen LogP contribution < -0.4 is 4.80 Å². The van der Waals surface area contributed by atoms with Crippen molar-refractivity contribution >= 4 is 66.4 Å². The fourth-order valence-corrected chi connectivity index (χ4v) is 8.04. The number of benzene rings is 1. The highest BCUT2D eigenvalue weighted by Gasteiger charge is 2.34. The van der Waals surface area contributed by atoms with E-state index in [1.54, 1.807) is 6.92 Å². The number of esters is 1. The van der Waals surface area contributed by atoms with Gasteiger partial charge in [-0.05, 0) is 38.0 Å². The maximum absolute atomic E-state index is 14.6. The summed E-state index contributed by atoms with van der Waals surface area (Å²) in [6.07, 6.45) is 0.852. The molecule has 1 amide bonds. The molecule has 0 N–H and O–H groups in total. The number of hydrogen-bond donors (Lipinski definition) is 0. The molecule has 1 aliphatic heterocycles. The Labute approximate surface area is 212 Å². The van der Waals surface area contributed by atoms with E-state index < -0.39 is 46.0 Å². The number of sulfonamides is 1. The molecule has 0 bridgehead atoms. The van der Waals surface area contributed by atoms with E-state index in [1.165, 1.54) is 21.0 Å². The van der Waals surface area contributed by atoms with E-state index in [0.29, 0.717) is 23.2 Å². The molecule has 35 heavy (non-hydrogen) atoms. The predicted octanol–water partition coefficient (Wildman–Crippen LogP) is 3.79. The normalized spacial score (nSPS) is 17.7. The lowest BCUT2D eigenvalue weighted by Gasteiger charge is -2.29. The second kappa shape index (κ2) is 10.4. The Morgan fingerprint density at radius 2 is 2.03 bits per heavy atom. The van der Waals surface area contributed by atoms with Crippen LogP contribution in [0.25, 0.3) is 10.2 Å². The lowest BCUT2D eigenvalue weighted by Crippen LogP contribution is -2.42. The van der Waals surface area contributed by atoms with Crippen molar-refractivity contribution in [2.45, 2.75) is 30.5 Å². The lowest BCUT2D eigenvalue weighted by molar-refractivity contribution is -0.143. The molecule has 1 atom stereocenters. The van der Waals surface area contributed by atoms with E-state index in [-0.39, 0.29) is 38.9 Å². The van der Waals surface area contributed by atoms with E-state index in [2.05, 4.69) is 4.99 Å². The summed E-state index contributed by atoms with van der Waals surface area (Å²) >= 11 is 7.67. The van der Waals surface area contributed by atoms with Gasteiger partial charge in [0.2, 0.25) is 0 Å². The smallest absolute Gasteiger partial charge is 0.326 e. The van der Waals surface area contributed by atoms with E-state index >= 15 is 0 Å². The summed E-state index contributed by atoms with van der Waals surface area (Å²) in [5.41, 5.74) is -0.0709. The van der Waals surface area contributed by atoms with E-state index in [1.807, 2.05) is 0 Å². The van der Waals surface area contributed by atoms with Crippen molar-refractivity contribution in [3.05, 3.63) is 45.0 Å². The maximum atomic E-state index is 14.6. The van der Waals surface area contributed by atoms with Crippen molar-refractivity contribution in [2.75, 3.05) is 19.7 Å². The van der Waals surface area contributed by atoms with Gasteiger partial charge in [0.05, 0.1) is 27.1 Å². The fraction of sp³-hybridized carbons (Fsp3) is 0.381. The van der Waals surface area contributed by atoms with Crippen LogP contribution in [0.3, 0.4) is 0 Å². The summed E-state index contributed by atoms with van der Waals surface area (Å²) in [4.78, 5) is 29.3. The first-order valence-electron chi connectivity index (χ1n) is 10.6. The lowest BCUT2D eigenvalue weighted by atomic mass is 9.99. The Morgan fingerprint density at radius 3 is 2.71 bits per heavy atom. The Balaban J connectivity index is 1.67. The summed E-state index contributed by atoms with van der Waals surface area (Å²) in [6, 6.07) is 4.69. The molecule has 0 radical (unpaired) electrons. The summed E-state index contributed by atoms with van der Waals surface area (Å²) in [6.45, 7) is 1.47. The van der Waals surface area contributed by atoms with Crippen molar-refractivity contribution in [3.63, 3.8) is 0 Å². The number of thiazole rings is 1. The van der Waals surface area contributed by atoms with E-state index in [0.717, 1.165) is 28.7 Å². The fourth-order valence-electron chi connectivity index (χ4n) is 3.81. The molecule has 3 aromatic rings. The minimum absolute atomic E-state index is 0.00688. The number of hydrogen-bond acceptors (Lipinski definition) is 7. The van der Waals surface area contributed by atoms with Crippen LogP contribution in [0.15, 0.2) is 33.5 Å². The van der Waals surface area contributed by atoms with E-state index in [4.69, 9.17) is 16.3 Å². The number of piperidine rings is 1. The number of carbonyl (C=O) groups excluding carboxylic acids is 2. The van der Waals surface area contributed by atoms with Gasteiger partial charge >= 0.3 is 5.97 Å². The van der Waals surface area contributed by atoms with Crippen molar-refractivity contribution in [2.24, 2.45) is 10.9 Å². The molecule has 3 heterocycles. The van der Waals surface area contributed by atoms with Gasteiger partial charge in [0.25, 0.3) is 15.9 Å². The van der Waals surface area contributed by atoms with Crippen LogP contribution >= 0.6 is 34.3 Å². The Morgan fingerprint density at radius 1 is 1.26 bits per heavy atom. The first-order chi connectivity index (χ1) is 16.6. The standard InChI is InChI=1S/C21H20ClF2N3O5S3/c1-2-32-17(28)11-27-19-14(24)8-13(23)9-15(19)33-21(27)25-20(29)12-4-3-7-26(10-12)35(30,31)18-6-5-16(22)34-18/h5-6,8-9,12H,2-4,7,10-11H2,1H3. The minimum atomic E-state index is -3.82. The van der Waals surface area contributed by atoms with Gasteiger partial charge in [-0.15, -0.1) is 11.3 Å². The number of carbonyl (C=O) groups is 2. The second-order valence-electron chi connectivity index (χ2n) is 7.72. The highest BCUT2D eigenvalue weighted by atomic mass is 35.5. The molecule has 1 unspecified atom stereocenters. The quantitative estimate of drug-likeness (QED) is 0.425. The molecule has 1 aromatic carbocycles. The monoisotopic (exact) mass is 563 g/mol. The molecule has 0 saturated carbocycles. The van der Waals surface area contributed by atoms with Crippen LogP contribution in [0, 0.1) is 17.6 Å². The predicted molar refractivity (Wildman–Crippen MR) is 128 cm³/mol. The third-order valence-electron chi connectivity index (χ3n) is 5.37. The minimum Gasteiger partial charge on any atom is -0.465 e. The first-order valence-corrected chi connectivity index (χ1v) is 14.0. The number of halogens is 3. The summed E-state index contributed by atoms with van der Waals surface area (Å²) in [7, 11) is -3.82. The van der Waals surface area contributed by atoms with Crippen molar-refractivity contribution in [3.8, 4) is 0 Å². The third kappa shape index (κ3) is 5.48. The average Bonchev–Trinajstić information content (AvgIpc) is 3.38. The molecule has 0 spiro atoms. The van der Waals surface area contributed by atoms with Gasteiger partial charge in [-0.2, -0.15) is 9.30 Å². The number of rotatable bonds is 6. The Hall–Kier alpha value is -2.19. The highest BCUT2D eigenvalue weighted by Crippen LogP contribution is 2.31. The number of aromatic nitrogens is 1. The molecule has 1 fully saturated rings. The zero-order chi connectivity index (χ0) is 25.3. The Bertz CT molecular complexity index is 1460. The third-order valence-corrected chi connectivity index (χ3v) is 9.96. The average molecular weight is 564 g/mol. The van der Waals surface area contributed by atoms with Crippen molar-refractivity contribution in [1.82, 2.24) is 8.87 Å². The summed E-state index contributed by atoms with van der Waals surface area (Å²) in [5.74, 6) is -3.73. The molecule has 2 aromatic heterocycles. The summed E-state index contributed by atoms with van der Waals surface area (Å²) < 4.78 is 62.2. The second-order valence-corrected chi connectivity index (χ2v) is 12.6. The van der Waals surface area contributed by atoms with Gasteiger partial charge in [0.15, 0.2) is 10.6 Å². The highest BCUT2D eigenvalue weighted by molar-refractivity contribution is 7.91. The first kappa shape index (κ1) is 25.9. The van der Waals surface area contributed by atoms with Crippen molar-refractivity contribution < 1.29 is 31.5 Å². The van der Waals surface area contributed by atoms with E-state index in [9.17, 15) is 26.8 Å². The molecule has 1 saturated heterocycles. The number of nitrogens with zero attached hydrogens (tertiary/aromatic N) is 3. The zero-order valence-corrected chi connectivity index (χ0v) is 21.6. The molecular weight excluding hydrogens is 544 g/mol. The number of amides is 1. The molecule has 14 heteroatoms. The van der Waals surface area contributed by atoms with Crippen LogP contribution in [0.5, 0.6) is 0 Å². The molecule has 0 aliphatic carbocycles. The summed E-state index contributed by atoms with van der Waals surface area (Å²) in [5, 5.41) is 0. The van der Waals surface area contributed by atoms with Gasteiger partial charge in [-0.25, -0.2) is 17.2 Å². The van der Waals surface area contributed by atoms with Gasteiger partial charge in [0, 0.05) is 19.2 Å². The van der Waals surface area contributed by atoms with Gasteiger partial charge in [-0.3, -0.25) is 9.59 Å². The van der Waals surface area contributed by atoms with Gasteiger partial charge in [-0.1, -0.05) is 22.9 Å². The van der Waals surface area contributed by atoms with Gasteiger partial charge in [0.1, 0.15) is 16.6 Å². The number of fused-ring (bicyclic) bond motifs is 1. The van der Waals surface area contributed by atoms with Crippen LogP contribution in [0.2, 0.25) is 4.34 Å². The number of thiophene rings is 1. The number of ether oxygens (including phenoxy) is 1. The molecule has 188 valence electrons. The topological polar surface area (TPSA) is 98.0 Å². The van der Waals surface area contributed by atoms with Crippen LogP contribution in [-0.4, -0.2) is 48.9 Å². The molecule has 4 rings (SSSR count). The zero-order valence-electron chi connectivity index (χ0n) is 18.4. The molecular formula is C21H20ClF2N3O5S3. The Kier molecular flexibility index (Phi) is 7.71. The maximum Gasteiger partial charge on any atom is 0.326 e. The largest absolute Gasteiger partial charge is 0.465 e. The SMILES string of the molecule is CCOC(=O)Cn1c(=NC(=O)C2CCCN(S(=O)(=O)c3ccc(Cl)s3)C2)sc2cc(F)cc(F)c21. The van der Waals surface area contributed by atoms with Crippen LogP contribution in [0.1, 0.15) is 19.8 Å². The van der Waals surface area contributed by atoms with Crippen LogP contribution in [0.4, 0.5) is 8.78 Å². The van der Waals surface area contributed by atoms with Crippen LogP contribution in [-0.2, 0) is 30.9 Å². The molecule has 1 aliphatic rings. The van der Waals surface area contributed by atoms with Gasteiger partial charge < -0.3 is 9.30 Å².